The van der Waals surface area contributed by atoms with Crippen LogP contribution in [0.3, 0.4) is 0 Å². The summed E-state index contributed by atoms with van der Waals surface area (Å²) >= 11 is 0. The van der Waals surface area contributed by atoms with E-state index in [1.54, 1.807) is 11.8 Å². The van der Waals surface area contributed by atoms with Crippen LogP contribution < -0.4 is 0 Å². The Kier molecular flexibility index (Phi) is 11.3. The fourth-order valence-corrected chi connectivity index (χ4v) is 1.19. The second-order valence-electron chi connectivity index (χ2n) is 3.01. The third-order valence-corrected chi connectivity index (χ3v) is 1.98. The first kappa shape index (κ1) is 16.0. The Hall–Kier alpha value is 0.574. The minimum absolute atomic E-state index is 0. The van der Waals surface area contributed by atoms with Crippen LogP contribution in [0.5, 0.6) is 0 Å². The summed E-state index contributed by atoms with van der Waals surface area (Å²) < 4.78 is 0. The van der Waals surface area contributed by atoms with Crippen molar-refractivity contribution in [1.29, 1.82) is 0 Å². The molecule has 1 atom stereocenters. The van der Waals surface area contributed by atoms with Gasteiger partial charge in [-0.25, -0.2) is 0 Å². The number of carbonyl (C=O) groups excluding carboxylic acids is 1. The van der Waals surface area contributed by atoms with Crippen LogP contribution in [0.4, 0.5) is 0 Å². The standard InChI is InChI=1S/C10H19NO.Y/c1-5-7-8-9(3)11(6-2)10(4)12;/h9H,2-3,5-8H2,1,4H3;/q-2;. The van der Waals surface area contributed by atoms with Gasteiger partial charge in [-0.3, -0.25) is 4.79 Å². The van der Waals surface area contributed by atoms with E-state index in [-0.39, 0.29) is 44.7 Å². The van der Waals surface area contributed by atoms with E-state index in [1.807, 2.05) is 0 Å². The Morgan fingerprint density at radius 3 is 2.38 bits per heavy atom. The van der Waals surface area contributed by atoms with Gasteiger partial charge < -0.3 is 18.7 Å². The number of unbranched alkanes of at least 4 members (excludes halogenated alkanes) is 1. The van der Waals surface area contributed by atoms with E-state index in [4.69, 9.17) is 0 Å². The van der Waals surface area contributed by atoms with Gasteiger partial charge >= 0.3 is 0 Å². The first-order valence-electron chi connectivity index (χ1n) is 4.53. The molecule has 3 heteroatoms. The fourth-order valence-electron chi connectivity index (χ4n) is 1.19. The predicted molar refractivity (Wildman–Crippen MR) is 51.4 cm³/mol. The Bertz CT molecular complexity index is 139. The van der Waals surface area contributed by atoms with Gasteiger partial charge in [0.2, 0.25) is 5.91 Å². The van der Waals surface area contributed by atoms with Gasteiger partial charge in [0.15, 0.2) is 0 Å². The third kappa shape index (κ3) is 6.62. The van der Waals surface area contributed by atoms with Crippen molar-refractivity contribution in [1.82, 2.24) is 4.90 Å². The van der Waals surface area contributed by atoms with Crippen molar-refractivity contribution in [2.45, 2.75) is 39.2 Å². The molecule has 1 radical (unpaired) electrons. The summed E-state index contributed by atoms with van der Waals surface area (Å²) in [4.78, 5) is 12.7. The molecule has 75 valence electrons. The number of hydrogen-bond acceptors (Lipinski definition) is 1. The zero-order valence-corrected chi connectivity index (χ0v) is 11.6. The van der Waals surface area contributed by atoms with E-state index in [2.05, 4.69) is 20.8 Å². The van der Waals surface area contributed by atoms with Gasteiger partial charge in [-0.1, -0.05) is 32.2 Å². The summed E-state index contributed by atoms with van der Waals surface area (Å²) in [5.41, 5.74) is 0. The molecule has 0 bridgehead atoms. The molecule has 1 amide bonds. The Morgan fingerprint density at radius 2 is 2.08 bits per heavy atom. The maximum atomic E-state index is 11.0. The number of hydrogen-bond donors (Lipinski definition) is 0. The summed E-state index contributed by atoms with van der Waals surface area (Å²) in [5, 5.41) is 0. The quantitative estimate of drug-likeness (QED) is 0.691. The van der Waals surface area contributed by atoms with Crippen molar-refractivity contribution >= 4 is 5.91 Å². The Morgan fingerprint density at radius 1 is 1.54 bits per heavy atom. The van der Waals surface area contributed by atoms with Crippen LogP contribution in [0.2, 0.25) is 0 Å². The molecule has 0 fully saturated rings. The molecule has 0 aliphatic heterocycles. The maximum absolute atomic E-state index is 11.0. The molecule has 13 heavy (non-hydrogen) atoms. The number of rotatable bonds is 5. The second kappa shape index (κ2) is 9.14. The van der Waals surface area contributed by atoms with Gasteiger partial charge in [0.1, 0.15) is 0 Å². The average molecular weight is 258 g/mol. The summed E-state index contributed by atoms with van der Waals surface area (Å²) in [6, 6.07) is 0.0972. The van der Waals surface area contributed by atoms with Gasteiger partial charge in [-0.2, -0.15) is 0 Å². The minimum Gasteiger partial charge on any atom is -0.400 e. The van der Waals surface area contributed by atoms with E-state index in [9.17, 15) is 4.79 Å². The van der Waals surface area contributed by atoms with Crippen LogP contribution in [0.25, 0.3) is 0 Å². The molecule has 0 heterocycles. The molecule has 0 spiro atoms. The number of carbonyl (C=O) groups is 1. The summed E-state index contributed by atoms with van der Waals surface area (Å²) in [6.07, 6.45) is 3.25. The van der Waals surface area contributed by atoms with Gasteiger partial charge in [0.05, 0.1) is 0 Å². The van der Waals surface area contributed by atoms with Crippen LogP contribution in [-0.4, -0.2) is 23.4 Å². The van der Waals surface area contributed by atoms with E-state index >= 15 is 0 Å². The summed E-state index contributed by atoms with van der Waals surface area (Å²) in [7, 11) is 0. The van der Waals surface area contributed by atoms with Crippen molar-refractivity contribution in [2.75, 3.05) is 6.54 Å². The monoisotopic (exact) mass is 258 g/mol. The molecular weight excluding hydrogens is 239 g/mol. The smallest absolute Gasteiger partial charge is 0.214 e. The maximum Gasteiger partial charge on any atom is 0.214 e. The van der Waals surface area contributed by atoms with Gasteiger partial charge in [-0.05, 0) is 0 Å². The molecule has 1 unspecified atom stereocenters. The fraction of sp³-hybridized carbons (Fsp3) is 0.700. The predicted octanol–water partition coefficient (Wildman–Crippen LogP) is 2.06. The topological polar surface area (TPSA) is 20.3 Å². The first-order valence-corrected chi connectivity index (χ1v) is 4.53. The first-order chi connectivity index (χ1) is 5.63. The van der Waals surface area contributed by atoms with E-state index in [0.717, 1.165) is 19.3 Å². The molecular formula is C10H19NOY-2. The van der Waals surface area contributed by atoms with Gasteiger partial charge in [-0.15, -0.1) is 6.54 Å². The largest absolute Gasteiger partial charge is 0.400 e. The molecule has 0 aromatic carbocycles. The minimum atomic E-state index is 0. The summed E-state index contributed by atoms with van der Waals surface area (Å²) in [5.74, 6) is 0.0705. The molecule has 2 nitrogen and oxygen atoms in total. The van der Waals surface area contributed by atoms with Crippen molar-refractivity contribution in [2.24, 2.45) is 0 Å². The van der Waals surface area contributed by atoms with Crippen LogP contribution in [-0.2, 0) is 37.5 Å². The average Bonchev–Trinajstić information content (AvgIpc) is 2.01. The van der Waals surface area contributed by atoms with Crippen molar-refractivity contribution < 1.29 is 37.5 Å². The van der Waals surface area contributed by atoms with Gasteiger partial charge in [0, 0.05) is 39.6 Å². The zero-order chi connectivity index (χ0) is 9.56. The van der Waals surface area contributed by atoms with Crippen LogP contribution in [0, 0.1) is 13.8 Å². The molecule has 0 N–H and O–H groups in total. The SMILES string of the molecule is [CH2-]CN(C(C)=O)C([CH2-])CCCC.[Y]. The Labute approximate surface area is 107 Å². The van der Waals surface area contributed by atoms with Crippen molar-refractivity contribution in [3.05, 3.63) is 13.8 Å². The molecule has 0 aliphatic carbocycles. The van der Waals surface area contributed by atoms with Crippen molar-refractivity contribution in [3.63, 3.8) is 0 Å². The van der Waals surface area contributed by atoms with Crippen LogP contribution >= 0.6 is 0 Å². The number of amides is 1. The molecule has 0 aromatic rings. The summed E-state index contributed by atoms with van der Waals surface area (Å²) in [6.45, 7) is 11.9. The van der Waals surface area contributed by atoms with E-state index < -0.39 is 0 Å². The zero-order valence-electron chi connectivity index (χ0n) is 8.75. The normalized spacial score (nSPS) is 11.7. The number of nitrogens with zero attached hydrogens (tertiary/aromatic N) is 1. The molecule has 0 saturated heterocycles. The molecule has 0 saturated carbocycles. The molecule has 0 aliphatic rings. The molecule has 0 rings (SSSR count). The van der Waals surface area contributed by atoms with Crippen LogP contribution in [0.15, 0.2) is 0 Å². The molecule has 0 aromatic heterocycles. The Balaban J connectivity index is 0. The third-order valence-electron chi connectivity index (χ3n) is 1.98. The van der Waals surface area contributed by atoms with Gasteiger partial charge in [0.25, 0.3) is 0 Å². The van der Waals surface area contributed by atoms with Crippen molar-refractivity contribution in [3.8, 4) is 0 Å². The second-order valence-corrected chi connectivity index (χ2v) is 3.01. The van der Waals surface area contributed by atoms with E-state index in [1.165, 1.54) is 0 Å². The van der Waals surface area contributed by atoms with Crippen LogP contribution in [0.1, 0.15) is 33.1 Å². The van der Waals surface area contributed by atoms with E-state index in [0.29, 0.717) is 6.54 Å².